The molecule has 0 heterocycles. The van der Waals surface area contributed by atoms with E-state index in [-0.39, 0.29) is 0 Å². The summed E-state index contributed by atoms with van der Waals surface area (Å²) >= 11 is 0. The molecule has 0 amide bonds. The van der Waals surface area contributed by atoms with Crippen molar-refractivity contribution in [2.75, 3.05) is 0 Å². The number of halogens is 2. The van der Waals surface area contributed by atoms with Crippen LogP contribution in [0.25, 0.3) is 0 Å². The van der Waals surface area contributed by atoms with Gasteiger partial charge < -0.3 is 0 Å². The summed E-state index contributed by atoms with van der Waals surface area (Å²) in [5, 5.41) is 1.50. The van der Waals surface area contributed by atoms with Crippen molar-refractivity contribution in [2.45, 2.75) is 0 Å². The van der Waals surface area contributed by atoms with Gasteiger partial charge in [0.2, 0.25) is 0 Å². The monoisotopic (exact) mass is 378 g/mol. The van der Waals surface area contributed by atoms with Crippen LogP contribution in [-0.2, 0) is 4.21 Å². The van der Waals surface area contributed by atoms with Gasteiger partial charge in [-0.3, -0.25) is 0 Å². The predicted octanol–water partition coefficient (Wildman–Crippen LogP) is 2.72. The van der Waals surface area contributed by atoms with Crippen LogP contribution < -0.4 is 15.6 Å². The molecule has 3 rings (SSSR count). The normalized spacial score (nSPS) is 13.8. The molecule has 0 unspecified atom stereocenters. The van der Waals surface area contributed by atoms with Crippen molar-refractivity contribution in [3.8, 4) is 0 Å². The van der Waals surface area contributed by atoms with Gasteiger partial charge in [-0.05, 0) is 0 Å². The molecule has 0 atom stereocenters. The maximum absolute atomic E-state index is 14.0. The first-order valence-electron chi connectivity index (χ1n) is 7.61. The van der Waals surface area contributed by atoms with Gasteiger partial charge in [0.15, 0.2) is 0 Å². The Bertz CT molecular complexity index is 734. The number of rotatable bonds is 5. The molecule has 0 spiro atoms. The Labute approximate surface area is 145 Å². The van der Waals surface area contributed by atoms with Crippen LogP contribution in [0.15, 0.2) is 91.0 Å². The Balaban J connectivity index is 2.36. The van der Waals surface area contributed by atoms with E-state index >= 15 is 0 Å². The number of hydrogen-bond acceptors (Lipinski definition) is 3. The molecule has 0 aliphatic heterocycles. The van der Waals surface area contributed by atoms with E-state index < -0.39 is 16.2 Å². The van der Waals surface area contributed by atoms with Crippen molar-refractivity contribution in [1.29, 1.82) is 0 Å². The van der Waals surface area contributed by atoms with Gasteiger partial charge in [-0.15, -0.1) is 0 Å². The zero-order valence-corrected chi connectivity index (χ0v) is 15.1. The van der Waals surface area contributed by atoms with Gasteiger partial charge in [-0.2, -0.15) is 0 Å². The van der Waals surface area contributed by atoms with E-state index in [1.54, 1.807) is 91.0 Å². The number of benzene rings is 3. The van der Waals surface area contributed by atoms with Gasteiger partial charge in [0.25, 0.3) is 0 Å². The second-order valence-corrected chi connectivity index (χ2v) is 11.0. The minimum atomic E-state index is -7.26. The van der Waals surface area contributed by atoms with Gasteiger partial charge in [-0.25, -0.2) is 0 Å². The van der Waals surface area contributed by atoms with E-state index in [0.717, 1.165) is 0 Å². The number of hydrogen-bond donors (Lipinski definition) is 2. The summed E-state index contributed by atoms with van der Waals surface area (Å²) in [4.78, 5) is 18.7. The summed E-state index contributed by atoms with van der Waals surface area (Å²) in [6, 6.07) is 25.6. The SMILES string of the molecule is OP(O)(F)(F)O[Si](c1ccccc1)(c1ccccc1)c1ccccc1. The third kappa shape index (κ3) is 4.00. The average molecular weight is 378 g/mol. The van der Waals surface area contributed by atoms with Crippen molar-refractivity contribution < 1.29 is 22.4 Å². The fourth-order valence-corrected chi connectivity index (χ4v) is 8.96. The first-order chi connectivity index (χ1) is 11.8. The summed E-state index contributed by atoms with van der Waals surface area (Å²) in [5.41, 5.74) is 0. The fraction of sp³-hybridized carbons (Fsp3) is 0. The van der Waals surface area contributed by atoms with Crippen molar-refractivity contribution in [1.82, 2.24) is 0 Å². The first kappa shape index (κ1) is 17.9. The molecular weight excluding hydrogens is 361 g/mol. The third-order valence-corrected chi connectivity index (χ3v) is 9.57. The minimum absolute atomic E-state index is 0.500. The van der Waals surface area contributed by atoms with Gasteiger partial charge in [0, 0.05) is 0 Å². The molecule has 3 aromatic carbocycles. The van der Waals surface area contributed by atoms with Gasteiger partial charge in [0.1, 0.15) is 0 Å². The predicted molar refractivity (Wildman–Crippen MR) is 98.6 cm³/mol. The summed E-state index contributed by atoms with van der Waals surface area (Å²) in [6.07, 6.45) is 0. The topological polar surface area (TPSA) is 49.7 Å². The van der Waals surface area contributed by atoms with Crippen LogP contribution in [0.2, 0.25) is 0 Å². The summed E-state index contributed by atoms with van der Waals surface area (Å²) in [7, 11) is -11.1. The molecule has 2 N–H and O–H groups in total. The van der Waals surface area contributed by atoms with E-state index in [9.17, 15) is 18.2 Å². The van der Waals surface area contributed by atoms with Crippen LogP contribution in [0.5, 0.6) is 0 Å². The second kappa shape index (κ2) is 6.41. The van der Waals surface area contributed by atoms with E-state index in [1.807, 2.05) is 0 Å². The Kier molecular flexibility index (Phi) is 4.58. The molecule has 0 aromatic heterocycles. The van der Waals surface area contributed by atoms with Crippen LogP contribution in [0, 0.1) is 0 Å². The zero-order chi connectivity index (χ0) is 18.0. The maximum atomic E-state index is 14.0. The van der Waals surface area contributed by atoms with Crippen molar-refractivity contribution in [3.05, 3.63) is 91.0 Å². The molecule has 0 bridgehead atoms. The zero-order valence-electron chi connectivity index (χ0n) is 13.2. The third-order valence-electron chi connectivity index (χ3n) is 3.83. The van der Waals surface area contributed by atoms with Crippen LogP contribution in [0.3, 0.4) is 0 Å². The molecule has 3 aromatic rings. The molecular formula is C18H17F2O3PSi. The summed E-state index contributed by atoms with van der Waals surface area (Å²) in [6.45, 7) is 0. The molecule has 0 aliphatic carbocycles. The molecule has 7 heteroatoms. The molecule has 0 saturated heterocycles. The quantitative estimate of drug-likeness (QED) is 0.408. The van der Waals surface area contributed by atoms with Crippen molar-refractivity contribution in [3.63, 3.8) is 0 Å². The van der Waals surface area contributed by atoms with Gasteiger partial charge >= 0.3 is 145 Å². The standard InChI is InChI=1S/C18H17F2O3PSi/c19-24(20,21,22)23-25(16-10-4-1-5-11-16,17-12-6-2-7-13-17)18-14-8-3-9-15-18/h1-15,21-22H. The molecule has 3 nitrogen and oxygen atoms in total. The summed E-state index contributed by atoms with van der Waals surface area (Å²) in [5.74, 6) is 0. The molecule has 0 radical (unpaired) electrons. The molecule has 0 saturated carbocycles. The van der Waals surface area contributed by atoms with Crippen LogP contribution in [-0.4, -0.2) is 18.1 Å². The Morgan fingerprint density at radius 2 is 0.880 bits per heavy atom. The Hall–Kier alpha value is -1.95. The summed E-state index contributed by atoms with van der Waals surface area (Å²) < 4.78 is 33.1. The molecule has 0 fully saturated rings. The van der Waals surface area contributed by atoms with E-state index in [1.165, 1.54) is 0 Å². The van der Waals surface area contributed by atoms with Crippen LogP contribution in [0.4, 0.5) is 8.39 Å². The van der Waals surface area contributed by atoms with Crippen molar-refractivity contribution in [2.24, 2.45) is 0 Å². The first-order valence-corrected chi connectivity index (χ1v) is 11.4. The van der Waals surface area contributed by atoms with Crippen molar-refractivity contribution >= 4 is 31.8 Å². The van der Waals surface area contributed by atoms with Crippen LogP contribution in [0.1, 0.15) is 0 Å². The van der Waals surface area contributed by atoms with E-state index in [4.69, 9.17) is 4.21 Å². The van der Waals surface area contributed by atoms with Crippen LogP contribution >= 0.6 is 7.91 Å². The average Bonchev–Trinajstić information content (AvgIpc) is 2.61. The van der Waals surface area contributed by atoms with Gasteiger partial charge in [0.05, 0.1) is 0 Å². The Morgan fingerprint density at radius 3 is 1.12 bits per heavy atom. The molecule has 0 aliphatic rings. The fourth-order valence-electron chi connectivity index (χ4n) is 2.90. The molecule has 25 heavy (non-hydrogen) atoms. The molecule has 130 valence electrons. The van der Waals surface area contributed by atoms with E-state index in [0.29, 0.717) is 15.6 Å². The van der Waals surface area contributed by atoms with E-state index in [2.05, 4.69) is 0 Å². The van der Waals surface area contributed by atoms with Gasteiger partial charge in [-0.1, -0.05) is 0 Å². The second-order valence-electron chi connectivity index (χ2n) is 5.63. The Morgan fingerprint density at radius 1 is 0.600 bits per heavy atom.